The van der Waals surface area contributed by atoms with E-state index in [0.717, 1.165) is 0 Å². The Hall–Kier alpha value is -2.05. The van der Waals surface area contributed by atoms with Gasteiger partial charge in [0.1, 0.15) is 5.69 Å². The van der Waals surface area contributed by atoms with Gasteiger partial charge < -0.3 is 16.8 Å². The molecule has 1 aromatic rings. The van der Waals surface area contributed by atoms with Crippen LogP contribution in [0.1, 0.15) is 30.8 Å². The summed E-state index contributed by atoms with van der Waals surface area (Å²) in [5, 5.41) is 8.75. The Kier molecular flexibility index (Phi) is 3.17. The largest absolute Gasteiger partial charge is 0.396 e. The number of aromatic amines is 1. The monoisotopic (exact) mass is 225 g/mol. The van der Waals surface area contributed by atoms with Gasteiger partial charge in [-0.05, 0) is 13.8 Å². The van der Waals surface area contributed by atoms with Crippen LogP contribution in [0.3, 0.4) is 0 Å². The molecular weight excluding hydrogens is 210 g/mol. The zero-order valence-electron chi connectivity index (χ0n) is 9.20. The fraction of sp³-hybridized carbons (Fsp3) is 0.444. The molecule has 0 aliphatic heterocycles. The zero-order valence-corrected chi connectivity index (χ0v) is 9.20. The number of nitrogens with two attached hydrogens (primary N) is 2. The molecule has 0 saturated carbocycles. The molecular formula is C9H15N5O2. The molecule has 2 amide bonds. The summed E-state index contributed by atoms with van der Waals surface area (Å²) in [6.45, 7) is 3.39. The first-order valence-electron chi connectivity index (χ1n) is 4.71. The average molecular weight is 225 g/mol. The van der Waals surface area contributed by atoms with Crippen molar-refractivity contribution in [2.75, 3.05) is 5.73 Å². The van der Waals surface area contributed by atoms with Crippen molar-refractivity contribution in [2.24, 2.45) is 5.73 Å². The van der Waals surface area contributed by atoms with E-state index in [1.54, 1.807) is 13.8 Å². The van der Waals surface area contributed by atoms with Crippen molar-refractivity contribution < 1.29 is 9.59 Å². The molecule has 16 heavy (non-hydrogen) atoms. The van der Waals surface area contributed by atoms with Crippen LogP contribution >= 0.6 is 0 Å². The molecule has 1 rings (SSSR count). The number of primary amides is 1. The number of hydrogen-bond acceptors (Lipinski definition) is 4. The van der Waals surface area contributed by atoms with Gasteiger partial charge in [-0.15, -0.1) is 0 Å². The van der Waals surface area contributed by atoms with Crippen molar-refractivity contribution >= 4 is 17.5 Å². The van der Waals surface area contributed by atoms with E-state index < -0.39 is 17.4 Å². The Bertz CT molecular complexity index is 410. The molecule has 6 N–H and O–H groups in total. The number of H-pyrrole nitrogens is 1. The summed E-state index contributed by atoms with van der Waals surface area (Å²) >= 11 is 0. The number of amides is 2. The molecule has 0 saturated heterocycles. The van der Waals surface area contributed by atoms with Gasteiger partial charge in [-0.2, -0.15) is 5.10 Å². The molecule has 0 aliphatic carbocycles. The summed E-state index contributed by atoms with van der Waals surface area (Å²) in [5.41, 5.74) is 10.3. The highest BCUT2D eigenvalue weighted by atomic mass is 16.2. The molecule has 0 aromatic carbocycles. The number of anilines is 1. The van der Waals surface area contributed by atoms with Gasteiger partial charge in [-0.1, -0.05) is 0 Å². The van der Waals surface area contributed by atoms with Crippen LogP contribution in [0.25, 0.3) is 0 Å². The summed E-state index contributed by atoms with van der Waals surface area (Å²) in [6, 6.07) is 0. The van der Waals surface area contributed by atoms with E-state index in [0.29, 0.717) is 0 Å². The lowest BCUT2D eigenvalue weighted by Gasteiger charge is -2.24. The average Bonchev–Trinajstić information content (AvgIpc) is 2.47. The molecule has 0 unspecified atom stereocenters. The Morgan fingerprint density at radius 1 is 1.56 bits per heavy atom. The number of carbonyl (C=O) groups is 2. The van der Waals surface area contributed by atoms with Gasteiger partial charge in [0.25, 0.3) is 5.91 Å². The molecule has 7 heteroatoms. The Labute approximate surface area is 92.6 Å². The highest BCUT2D eigenvalue weighted by Crippen LogP contribution is 2.11. The number of carbonyl (C=O) groups excluding carboxylic acids is 2. The number of aromatic nitrogens is 2. The lowest BCUT2D eigenvalue weighted by atomic mass is 10.00. The quantitative estimate of drug-likeness (QED) is 0.544. The second kappa shape index (κ2) is 4.21. The van der Waals surface area contributed by atoms with Crippen LogP contribution in [0.5, 0.6) is 0 Å². The van der Waals surface area contributed by atoms with E-state index in [4.69, 9.17) is 11.5 Å². The number of nitrogens with one attached hydrogen (secondary N) is 2. The summed E-state index contributed by atoms with van der Waals surface area (Å²) in [5.74, 6) is -0.899. The predicted octanol–water partition coefficient (Wildman–Crippen LogP) is -0.624. The third-order valence-corrected chi connectivity index (χ3v) is 1.96. The SMILES string of the molecule is CC(C)(CC(N)=O)NC(=O)c1[nH]ncc1N. The van der Waals surface area contributed by atoms with Gasteiger partial charge in [-0.25, -0.2) is 0 Å². The van der Waals surface area contributed by atoms with Crippen LogP contribution in [0.15, 0.2) is 6.20 Å². The standard InChI is InChI=1S/C9H15N5O2/c1-9(2,3-6(11)15)13-8(16)7-5(10)4-12-14-7/h4H,3,10H2,1-2H3,(H2,11,15)(H,12,14)(H,13,16). The molecule has 0 bridgehead atoms. The van der Waals surface area contributed by atoms with Crippen LogP contribution in [0.4, 0.5) is 5.69 Å². The van der Waals surface area contributed by atoms with Gasteiger partial charge in [0, 0.05) is 12.0 Å². The number of nitrogen functional groups attached to an aromatic ring is 1. The predicted molar refractivity (Wildman–Crippen MR) is 58.4 cm³/mol. The maximum absolute atomic E-state index is 11.7. The van der Waals surface area contributed by atoms with E-state index >= 15 is 0 Å². The summed E-state index contributed by atoms with van der Waals surface area (Å²) in [6.07, 6.45) is 1.39. The normalized spacial score (nSPS) is 11.1. The highest BCUT2D eigenvalue weighted by Gasteiger charge is 2.24. The van der Waals surface area contributed by atoms with Gasteiger partial charge in [0.15, 0.2) is 0 Å². The zero-order chi connectivity index (χ0) is 12.3. The fourth-order valence-corrected chi connectivity index (χ4v) is 1.33. The van der Waals surface area contributed by atoms with Gasteiger partial charge in [0.05, 0.1) is 11.9 Å². The lowest BCUT2D eigenvalue weighted by molar-refractivity contribution is -0.119. The first-order chi connectivity index (χ1) is 7.32. The lowest BCUT2D eigenvalue weighted by Crippen LogP contribution is -2.46. The van der Waals surface area contributed by atoms with E-state index in [2.05, 4.69) is 15.5 Å². The van der Waals surface area contributed by atoms with Crippen LogP contribution in [-0.2, 0) is 4.79 Å². The molecule has 1 heterocycles. The highest BCUT2D eigenvalue weighted by molar-refractivity contribution is 5.97. The maximum atomic E-state index is 11.7. The van der Waals surface area contributed by atoms with Crippen LogP contribution < -0.4 is 16.8 Å². The molecule has 0 radical (unpaired) electrons. The second-order valence-corrected chi connectivity index (χ2v) is 4.18. The van der Waals surface area contributed by atoms with E-state index in [9.17, 15) is 9.59 Å². The van der Waals surface area contributed by atoms with Gasteiger partial charge in [-0.3, -0.25) is 14.7 Å². The first-order valence-corrected chi connectivity index (χ1v) is 4.71. The van der Waals surface area contributed by atoms with Crippen LogP contribution in [-0.4, -0.2) is 27.6 Å². The molecule has 0 aliphatic rings. The Balaban J connectivity index is 2.71. The van der Waals surface area contributed by atoms with Crippen molar-refractivity contribution in [1.29, 1.82) is 0 Å². The smallest absolute Gasteiger partial charge is 0.271 e. The third kappa shape index (κ3) is 2.97. The minimum Gasteiger partial charge on any atom is -0.396 e. The molecule has 88 valence electrons. The van der Waals surface area contributed by atoms with Crippen LogP contribution in [0, 0.1) is 0 Å². The molecule has 0 fully saturated rings. The molecule has 0 spiro atoms. The maximum Gasteiger partial charge on any atom is 0.271 e. The van der Waals surface area contributed by atoms with Crippen molar-refractivity contribution in [1.82, 2.24) is 15.5 Å². The van der Waals surface area contributed by atoms with Crippen molar-refractivity contribution in [3.8, 4) is 0 Å². The number of rotatable bonds is 4. The third-order valence-electron chi connectivity index (χ3n) is 1.96. The molecule has 0 atom stereocenters. The van der Waals surface area contributed by atoms with Crippen LogP contribution in [0.2, 0.25) is 0 Å². The number of nitrogens with zero attached hydrogens (tertiary/aromatic N) is 1. The topological polar surface area (TPSA) is 127 Å². The van der Waals surface area contributed by atoms with Crippen molar-refractivity contribution in [2.45, 2.75) is 25.8 Å². The summed E-state index contributed by atoms with van der Waals surface area (Å²) in [4.78, 5) is 22.5. The Morgan fingerprint density at radius 2 is 2.19 bits per heavy atom. The summed E-state index contributed by atoms with van der Waals surface area (Å²) in [7, 11) is 0. The Morgan fingerprint density at radius 3 is 2.62 bits per heavy atom. The van der Waals surface area contributed by atoms with E-state index in [-0.39, 0.29) is 17.8 Å². The summed E-state index contributed by atoms with van der Waals surface area (Å²) < 4.78 is 0. The van der Waals surface area contributed by atoms with Gasteiger partial charge in [0.2, 0.25) is 5.91 Å². The fourth-order valence-electron chi connectivity index (χ4n) is 1.33. The van der Waals surface area contributed by atoms with E-state index in [1.807, 2.05) is 0 Å². The second-order valence-electron chi connectivity index (χ2n) is 4.18. The van der Waals surface area contributed by atoms with Gasteiger partial charge >= 0.3 is 0 Å². The van der Waals surface area contributed by atoms with Crippen molar-refractivity contribution in [3.63, 3.8) is 0 Å². The van der Waals surface area contributed by atoms with Crippen molar-refractivity contribution in [3.05, 3.63) is 11.9 Å². The molecule has 7 nitrogen and oxygen atoms in total. The molecule has 1 aromatic heterocycles. The minimum atomic E-state index is -0.722. The number of hydrogen-bond donors (Lipinski definition) is 4. The first kappa shape index (κ1) is 12.0. The minimum absolute atomic E-state index is 0.0484. The van der Waals surface area contributed by atoms with E-state index in [1.165, 1.54) is 6.20 Å².